The Morgan fingerprint density at radius 2 is 1.86 bits per heavy atom. The van der Waals surface area contributed by atoms with E-state index in [0.717, 1.165) is 22.4 Å². The lowest BCUT2D eigenvalue weighted by Crippen LogP contribution is -2.52. The van der Waals surface area contributed by atoms with Gasteiger partial charge in [-0.25, -0.2) is 4.79 Å². The topological polar surface area (TPSA) is 73.7 Å². The van der Waals surface area contributed by atoms with Gasteiger partial charge in [-0.3, -0.25) is 9.48 Å². The number of carbonyl (C=O) groups is 2. The summed E-state index contributed by atoms with van der Waals surface area (Å²) in [6.07, 6.45) is 1.54. The van der Waals surface area contributed by atoms with Crippen LogP contribution in [0.5, 0.6) is 5.75 Å². The van der Waals surface area contributed by atoms with E-state index in [1.165, 1.54) is 6.92 Å². The molecule has 28 heavy (non-hydrogen) atoms. The second-order valence-corrected chi connectivity index (χ2v) is 8.12. The van der Waals surface area contributed by atoms with Gasteiger partial charge in [-0.15, -0.1) is 0 Å². The molecule has 1 aromatic heterocycles. The van der Waals surface area contributed by atoms with Gasteiger partial charge in [-0.05, 0) is 33.3 Å². The zero-order chi connectivity index (χ0) is 20.6. The Morgan fingerprint density at radius 1 is 1.18 bits per heavy atom. The van der Waals surface area contributed by atoms with Gasteiger partial charge in [0.25, 0.3) is 0 Å². The number of likely N-dealkylation sites (tertiary alicyclic amines) is 1. The average Bonchev–Trinajstić information content (AvgIpc) is 2.96. The van der Waals surface area contributed by atoms with Crippen molar-refractivity contribution in [3.05, 3.63) is 35.7 Å². The summed E-state index contributed by atoms with van der Waals surface area (Å²) in [6, 6.07) is 5.83. The molecule has 1 aliphatic heterocycles. The Kier molecular flexibility index (Phi) is 5.19. The van der Waals surface area contributed by atoms with Gasteiger partial charge in [0, 0.05) is 37.3 Å². The van der Waals surface area contributed by atoms with Gasteiger partial charge in [0.1, 0.15) is 17.0 Å². The summed E-state index contributed by atoms with van der Waals surface area (Å²) >= 11 is 0. The molecule has 1 aromatic carbocycles. The van der Waals surface area contributed by atoms with Crippen LogP contribution >= 0.6 is 0 Å². The van der Waals surface area contributed by atoms with Crippen molar-refractivity contribution in [2.24, 2.45) is 0 Å². The highest BCUT2D eigenvalue weighted by atomic mass is 16.6. The molecule has 2 heterocycles. The molecule has 150 valence electrons. The molecule has 7 nitrogen and oxygen atoms in total. The van der Waals surface area contributed by atoms with Crippen LogP contribution in [0.4, 0.5) is 4.79 Å². The number of carbonyl (C=O) groups excluding carboxylic acids is 2. The van der Waals surface area contributed by atoms with Crippen molar-refractivity contribution in [1.29, 1.82) is 0 Å². The maximum absolute atomic E-state index is 12.2. The van der Waals surface area contributed by atoms with Crippen molar-refractivity contribution in [1.82, 2.24) is 14.7 Å². The fourth-order valence-electron chi connectivity index (χ4n) is 3.27. The van der Waals surface area contributed by atoms with Gasteiger partial charge in [-0.1, -0.05) is 18.2 Å². The first-order valence-corrected chi connectivity index (χ1v) is 9.32. The molecule has 1 fully saturated rings. The number of benzene rings is 1. The van der Waals surface area contributed by atoms with Crippen LogP contribution in [0.2, 0.25) is 0 Å². The number of ketones is 1. The van der Waals surface area contributed by atoms with Crippen LogP contribution in [-0.2, 0) is 4.74 Å². The van der Waals surface area contributed by atoms with Gasteiger partial charge in [0.2, 0.25) is 0 Å². The summed E-state index contributed by atoms with van der Waals surface area (Å²) < 4.78 is 12.7. The normalized spacial score (nSPS) is 14.6. The van der Waals surface area contributed by atoms with Gasteiger partial charge in [-0.2, -0.15) is 5.10 Å². The third kappa shape index (κ3) is 3.88. The van der Waals surface area contributed by atoms with E-state index in [0.29, 0.717) is 18.8 Å². The smallest absolute Gasteiger partial charge is 0.410 e. The summed E-state index contributed by atoms with van der Waals surface area (Å²) in [6.45, 7) is 10.00. The van der Waals surface area contributed by atoms with Crippen molar-refractivity contribution in [2.45, 2.75) is 46.3 Å². The largest absolute Gasteiger partial charge is 0.496 e. The fourth-order valence-corrected chi connectivity index (χ4v) is 3.27. The zero-order valence-electron chi connectivity index (χ0n) is 17.3. The van der Waals surface area contributed by atoms with E-state index in [-0.39, 0.29) is 17.9 Å². The highest BCUT2D eigenvalue weighted by Crippen LogP contribution is 2.36. The quantitative estimate of drug-likeness (QED) is 0.747. The molecule has 1 amide bonds. The number of aromatic nitrogens is 2. The monoisotopic (exact) mass is 385 g/mol. The minimum atomic E-state index is -0.523. The number of hydrogen-bond acceptors (Lipinski definition) is 5. The first-order valence-electron chi connectivity index (χ1n) is 9.32. The molecule has 7 heteroatoms. The standard InChI is InChI=1S/C21H27N3O4/c1-13-8-7-9-16(19(13)27-6)17-12-24(22-18(17)14(2)25)15-10-23(11-15)20(26)28-21(3,4)5/h7-9,12,15H,10-11H2,1-6H3. The molecular weight excluding hydrogens is 358 g/mol. The first kappa shape index (κ1) is 19.9. The van der Waals surface area contributed by atoms with Crippen molar-refractivity contribution in [2.75, 3.05) is 20.2 Å². The van der Waals surface area contributed by atoms with Crippen molar-refractivity contribution >= 4 is 11.9 Å². The van der Waals surface area contributed by atoms with Crippen LogP contribution in [0.25, 0.3) is 11.1 Å². The third-order valence-corrected chi connectivity index (χ3v) is 4.66. The second-order valence-electron chi connectivity index (χ2n) is 8.12. The molecule has 0 unspecified atom stereocenters. The lowest BCUT2D eigenvalue weighted by atomic mass is 10.0. The molecule has 1 saturated heterocycles. The molecule has 0 bridgehead atoms. The molecular formula is C21H27N3O4. The predicted molar refractivity (Wildman–Crippen MR) is 106 cm³/mol. The van der Waals surface area contributed by atoms with Gasteiger partial charge < -0.3 is 14.4 Å². The Balaban J connectivity index is 1.85. The van der Waals surface area contributed by atoms with E-state index in [4.69, 9.17) is 9.47 Å². The zero-order valence-corrected chi connectivity index (χ0v) is 17.3. The molecule has 3 rings (SSSR count). The molecule has 0 saturated carbocycles. The number of rotatable bonds is 4. The van der Waals surface area contributed by atoms with Crippen molar-refractivity contribution < 1.29 is 19.1 Å². The van der Waals surface area contributed by atoms with Crippen molar-refractivity contribution in [3.63, 3.8) is 0 Å². The summed E-state index contributed by atoms with van der Waals surface area (Å²) in [5.41, 5.74) is 2.44. The summed E-state index contributed by atoms with van der Waals surface area (Å²) in [5.74, 6) is 0.620. The number of hydrogen-bond donors (Lipinski definition) is 0. The number of methoxy groups -OCH3 is 1. The predicted octanol–water partition coefficient (Wildman–Crippen LogP) is 3.86. The summed E-state index contributed by atoms with van der Waals surface area (Å²) in [7, 11) is 1.62. The average molecular weight is 385 g/mol. The highest BCUT2D eigenvalue weighted by molar-refractivity contribution is 5.99. The lowest BCUT2D eigenvalue weighted by Gasteiger charge is -2.39. The maximum Gasteiger partial charge on any atom is 0.410 e. The Labute approximate surface area is 165 Å². The molecule has 0 aliphatic carbocycles. The molecule has 2 aromatic rings. The van der Waals surface area contributed by atoms with Gasteiger partial charge >= 0.3 is 6.09 Å². The lowest BCUT2D eigenvalue weighted by molar-refractivity contribution is -0.000445. The maximum atomic E-state index is 12.2. The summed E-state index contributed by atoms with van der Waals surface area (Å²) in [4.78, 5) is 26.0. The Morgan fingerprint density at radius 3 is 2.43 bits per heavy atom. The Hall–Kier alpha value is -2.83. The fraction of sp³-hybridized carbons (Fsp3) is 0.476. The molecule has 0 spiro atoms. The number of para-hydroxylation sites is 1. The minimum absolute atomic E-state index is 0.00942. The number of Topliss-reactive ketones (excluding diaryl/α,β-unsaturated/α-hetero) is 1. The van der Waals surface area contributed by atoms with Crippen LogP contribution < -0.4 is 4.74 Å². The highest BCUT2D eigenvalue weighted by Gasteiger charge is 2.36. The van der Waals surface area contributed by atoms with E-state index in [1.54, 1.807) is 16.7 Å². The molecule has 1 aliphatic rings. The van der Waals surface area contributed by atoms with E-state index in [1.807, 2.05) is 52.1 Å². The number of aryl methyl sites for hydroxylation is 1. The van der Waals surface area contributed by atoms with E-state index >= 15 is 0 Å². The van der Waals surface area contributed by atoms with Crippen LogP contribution in [0.1, 0.15) is 49.8 Å². The third-order valence-electron chi connectivity index (χ3n) is 4.66. The number of nitrogens with zero attached hydrogens (tertiary/aromatic N) is 3. The van der Waals surface area contributed by atoms with Crippen LogP contribution in [0, 0.1) is 6.92 Å². The van der Waals surface area contributed by atoms with Crippen LogP contribution in [0.3, 0.4) is 0 Å². The number of ether oxygens (including phenoxy) is 2. The summed E-state index contributed by atoms with van der Waals surface area (Å²) in [5, 5.41) is 4.51. The minimum Gasteiger partial charge on any atom is -0.496 e. The van der Waals surface area contributed by atoms with E-state index in [9.17, 15) is 9.59 Å². The molecule has 0 atom stereocenters. The van der Waals surface area contributed by atoms with Crippen LogP contribution in [-0.4, -0.2) is 52.4 Å². The molecule has 0 radical (unpaired) electrons. The van der Waals surface area contributed by atoms with E-state index in [2.05, 4.69) is 5.10 Å². The van der Waals surface area contributed by atoms with Crippen LogP contribution in [0.15, 0.2) is 24.4 Å². The SMILES string of the molecule is COc1c(C)cccc1-c1cn(C2CN(C(=O)OC(C)(C)C)C2)nc1C(C)=O. The van der Waals surface area contributed by atoms with Gasteiger partial charge in [0.15, 0.2) is 5.78 Å². The second kappa shape index (κ2) is 7.30. The Bertz CT molecular complexity index is 905. The van der Waals surface area contributed by atoms with E-state index < -0.39 is 5.60 Å². The first-order chi connectivity index (χ1) is 13.1. The van der Waals surface area contributed by atoms with Crippen molar-refractivity contribution in [3.8, 4) is 16.9 Å². The molecule has 0 N–H and O–H groups in total. The van der Waals surface area contributed by atoms with Gasteiger partial charge in [0.05, 0.1) is 13.2 Å². The number of amides is 1.